The molecule has 0 bridgehead atoms. The highest BCUT2D eigenvalue weighted by atomic mass is 32.2. The Morgan fingerprint density at radius 2 is 1.75 bits per heavy atom. The molecule has 0 saturated heterocycles. The van der Waals surface area contributed by atoms with Gasteiger partial charge >= 0.3 is 0 Å². The molecule has 0 saturated carbocycles. The van der Waals surface area contributed by atoms with Crippen molar-refractivity contribution in [1.29, 1.82) is 0 Å². The van der Waals surface area contributed by atoms with Gasteiger partial charge in [-0.25, -0.2) is 13.4 Å². The highest BCUT2D eigenvalue weighted by molar-refractivity contribution is 7.89. The summed E-state index contributed by atoms with van der Waals surface area (Å²) in [6, 6.07) is 20.0. The monoisotopic (exact) mass is 465 g/mol. The molecule has 0 fully saturated rings. The Balaban J connectivity index is 1.67. The molecule has 0 aliphatic rings. The molecule has 8 heteroatoms. The van der Waals surface area contributed by atoms with E-state index in [4.69, 9.17) is 0 Å². The van der Waals surface area contributed by atoms with Crippen LogP contribution in [0.3, 0.4) is 0 Å². The summed E-state index contributed by atoms with van der Waals surface area (Å²) in [6.45, 7) is 3.88. The number of nitrogens with zero attached hydrogens (tertiary/aromatic N) is 1. The Morgan fingerprint density at radius 1 is 1.03 bits per heavy atom. The maximum atomic E-state index is 13.3. The minimum absolute atomic E-state index is 0.0938. The van der Waals surface area contributed by atoms with Gasteiger partial charge in [0.25, 0.3) is 0 Å². The number of hydrogen-bond acceptors (Lipinski definition) is 5. The number of amides is 1. The molecule has 1 amide bonds. The molecule has 1 unspecified atom stereocenters. The minimum atomic E-state index is -3.97. The molecule has 3 aromatic carbocycles. The van der Waals surface area contributed by atoms with Gasteiger partial charge in [0.15, 0.2) is 0 Å². The average molecular weight is 466 g/mol. The first-order chi connectivity index (χ1) is 15.4. The molecule has 164 valence electrons. The summed E-state index contributed by atoms with van der Waals surface area (Å²) in [6.07, 6.45) is 0.743. The van der Waals surface area contributed by atoms with Gasteiger partial charge in [0, 0.05) is 5.69 Å². The lowest BCUT2D eigenvalue weighted by Gasteiger charge is -2.20. The van der Waals surface area contributed by atoms with Crippen LogP contribution in [0.5, 0.6) is 0 Å². The van der Waals surface area contributed by atoms with Gasteiger partial charge in [-0.15, -0.1) is 11.3 Å². The molecule has 4 rings (SSSR count). The maximum Gasteiger partial charge on any atom is 0.247 e. The standard InChI is InChI=1S/C24H23N3O3S2/c1-3-17-9-7-8-12-20(17)26-24(28)23(18-10-5-4-6-11-18)27-32(29,30)19-13-14-21-22(15-19)31-16(2)25-21/h4-15,23,27H,3H2,1-2H3,(H,26,28). The molecule has 1 atom stereocenters. The highest BCUT2D eigenvalue weighted by Gasteiger charge is 2.28. The normalized spacial score (nSPS) is 12.6. The quantitative estimate of drug-likeness (QED) is 0.409. The number of aryl methyl sites for hydroxylation is 2. The van der Waals surface area contributed by atoms with Crippen molar-refractivity contribution in [2.24, 2.45) is 0 Å². The zero-order chi connectivity index (χ0) is 22.7. The van der Waals surface area contributed by atoms with Crippen molar-refractivity contribution >= 4 is 43.2 Å². The maximum absolute atomic E-state index is 13.3. The number of benzene rings is 3. The third kappa shape index (κ3) is 4.72. The Hall–Kier alpha value is -3.07. The van der Waals surface area contributed by atoms with Gasteiger partial charge in [0.2, 0.25) is 15.9 Å². The fraction of sp³-hybridized carbons (Fsp3) is 0.167. The van der Waals surface area contributed by atoms with Crippen LogP contribution in [0.4, 0.5) is 5.69 Å². The van der Waals surface area contributed by atoms with Crippen LogP contribution < -0.4 is 10.0 Å². The first kappa shape index (κ1) is 22.1. The van der Waals surface area contributed by atoms with Gasteiger partial charge in [-0.1, -0.05) is 55.5 Å². The zero-order valence-corrected chi connectivity index (χ0v) is 19.3. The van der Waals surface area contributed by atoms with Crippen LogP contribution in [-0.4, -0.2) is 19.3 Å². The Kier molecular flexibility index (Phi) is 6.36. The fourth-order valence-corrected chi connectivity index (χ4v) is 5.64. The van der Waals surface area contributed by atoms with Gasteiger partial charge in [-0.3, -0.25) is 4.79 Å². The molecular weight excluding hydrogens is 442 g/mol. The first-order valence-corrected chi connectivity index (χ1v) is 12.5. The lowest BCUT2D eigenvalue weighted by atomic mass is 10.1. The van der Waals surface area contributed by atoms with E-state index in [2.05, 4.69) is 15.0 Å². The van der Waals surface area contributed by atoms with E-state index in [1.54, 1.807) is 36.4 Å². The highest BCUT2D eigenvalue weighted by Crippen LogP contribution is 2.26. The van der Waals surface area contributed by atoms with E-state index in [0.717, 1.165) is 27.2 Å². The van der Waals surface area contributed by atoms with E-state index in [-0.39, 0.29) is 4.90 Å². The van der Waals surface area contributed by atoms with Crippen molar-refractivity contribution in [3.05, 3.63) is 88.9 Å². The van der Waals surface area contributed by atoms with Crippen LogP contribution in [0.15, 0.2) is 77.7 Å². The number of fused-ring (bicyclic) bond motifs is 1. The van der Waals surface area contributed by atoms with E-state index in [9.17, 15) is 13.2 Å². The van der Waals surface area contributed by atoms with Crippen LogP contribution in [0, 0.1) is 6.92 Å². The van der Waals surface area contributed by atoms with E-state index in [0.29, 0.717) is 11.3 Å². The summed E-state index contributed by atoms with van der Waals surface area (Å²) < 4.78 is 29.9. The fourth-order valence-electron chi connectivity index (χ4n) is 3.48. The smallest absolute Gasteiger partial charge is 0.247 e. The lowest BCUT2D eigenvalue weighted by molar-refractivity contribution is -0.117. The number of hydrogen-bond donors (Lipinski definition) is 2. The second-order valence-electron chi connectivity index (χ2n) is 7.33. The van der Waals surface area contributed by atoms with Crippen molar-refractivity contribution in [1.82, 2.24) is 9.71 Å². The molecule has 6 nitrogen and oxygen atoms in total. The molecule has 2 N–H and O–H groups in total. The van der Waals surface area contributed by atoms with Gasteiger partial charge in [-0.2, -0.15) is 4.72 Å². The van der Waals surface area contributed by atoms with Crippen molar-refractivity contribution in [3.8, 4) is 0 Å². The topological polar surface area (TPSA) is 88.2 Å². The Morgan fingerprint density at radius 3 is 2.50 bits per heavy atom. The number of anilines is 1. The second kappa shape index (κ2) is 9.20. The Bertz CT molecular complexity index is 1370. The number of sulfonamides is 1. The van der Waals surface area contributed by atoms with Crippen LogP contribution in [0.1, 0.15) is 29.1 Å². The number of nitrogens with one attached hydrogen (secondary N) is 2. The molecule has 4 aromatic rings. The van der Waals surface area contributed by atoms with E-state index >= 15 is 0 Å². The third-order valence-corrected chi connectivity index (χ3v) is 7.46. The van der Waals surface area contributed by atoms with E-state index < -0.39 is 22.0 Å². The molecule has 0 radical (unpaired) electrons. The molecule has 0 aliphatic heterocycles. The Labute approximate surface area is 191 Å². The predicted octanol–water partition coefficient (Wildman–Crippen LogP) is 4.83. The summed E-state index contributed by atoms with van der Waals surface area (Å²) in [5.41, 5.74) is 2.94. The molecule has 0 spiro atoms. The molecule has 32 heavy (non-hydrogen) atoms. The van der Waals surface area contributed by atoms with E-state index in [1.807, 2.05) is 44.2 Å². The van der Waals surface area contributed by atoms with Crippen molar-refractivity contribution in [3.63, 3.8) is 0 Å². The molecule has 0 aliphatic carbocycles. The summed E-state index contributed by atoms with van der Waals surface area (Å²) in [5, 5.41) is 3.75. The number of carbonyl (C=O) groups is 1. The predicted molar refractivity (Wildman–Crippen MR) is 128 cm³/mol. The number of carbonyl (C=O) groups excluding carboxylic acids is 1. The summed E-state index contributed by atoms with van der Waals surface area (Å²) in [5.74, 6) is -0.449. The van der Waals surface area contributed by atoms with Crippen LogP contribution in [0.25, 0.3) is 10.2 Å². The SMILES string of the molecule is CCc1ccccc1NC(=O)C(NS(=O)(=O)c1ccc2nc(C)sc2c1)c1ccccc1. The van der Waals surface area contributed by atoms with E-state index in [1.165, 1.54) is 17.4 Å². The molecular formula is C24H23N3O3S2. The van der Waals surface area contributed by atoms with Crippen molar-refractivity contribution in [2.75, 3.05) is 5.32 Å². The van der Waals surface area contributed by atoms with Crippen molar-refractivity contribution in [2.45, 2.75) is 31.2 Å². The van der Waals surface area contributed by atoms with Gasteiger partial charge in [0.1, 0.15) is 6.04 Å². The molecule has 1 heterocycles. The summed E-state index contributed by atoms with van der Waals surface area (Å²) in [7, 11) is -3.97. The number of rotatable bonds is 7. The van der Waals surface area contributed by atoms with Gasteiger partial charge in [-0.05, 0) is 48.7 Å². The number of thiazole rings is 1. The minimum Gasteiger partial charge on any atom is -0.324 e. The van der Waals surface area contributed by atoms with Crippen LogP contribution in [-0.2, 0) is 21.2 Å². The second-order valence-corrected chi connectivity index (χ2v) is 10.3. The largest absolute Gasteiger partial charge is 0.324 e. The average Bonchev–Trinajstić information content (AvgIpc) is 3.17. The van der Waals surface area contributed by atoms with Crippen molar-refractivity contribution < 1.29 is 13.2 Å². The first-order valence-electron chi connectivity index (χ1n) is 10.2. The zero-order valence-electron chi connectivity index (χ0n) is 17.7. The summed E-state index contributed by atoms with van der Waals surface area (Å²) >= 11 is 1.43. The third-order valence-electron chi connectivity index (χ3n) is 5.10. The van der Waals surface area contributed by atoms with Crippen LogP contribution >= 0.6 is 11.3 Å². The number of para-hydroxylation sites is 1. The number of aromatic nitrogens is 1. The molecule has 1 aromatic heterocycles. The van der Waals surface area contributed by atoms with Crippen LogP contribution in [0.2, 0.25) is 0 Å². The van der Waals surface area contributed by atoms with Gasteiger partial charge < -0.3 is 5.32 Å². The summed E-state index contributed by atoms with van der Waals surface area (Å²) in [4.78, 5) is 17.7. The van der Waals surface area contributed by atoms with Gasteiger partial charge in [0.05, 0.1) is 20.1 Å². The lowest BCUT2D eigenvalue weighted by Crippen LogP contribution is -2.37.